The number of hydrogen-bond donors (Lipinski definition) is 2. The predicted molar refractivity (Wildman–Crippen MR) is 93.4 cm³/mol. The molecule has 0 aromatic heterocycles. The maximum atomic E-state index is 9.76. The molecule has 0 fully saturated rings. The second-order valence-electron chi connectivity index (χ2n) is 5.46. The van der Waals surface area contributed by atoms with Crippen LogP contribution in [-0.2, 0) is 13.0 Å². The van der Waals surface area contributed by atoms with Gasteiger partial charge in [0.05, 0.1) is 0 Å². The minimum atomic E-state index is 0.339. The molecular formula is C19H26N2O. The number of aromatic hydroxyl groups is 1. The number of nitrogens with zero attached hydrogens (tertiary/aromatic N) is 1. The summed E-state index contributed by atoms with van der Waals surface area (Å²) in [5, 5.41) is 13.1. The first-order chi connectivity index (χ1) is 10.7. The van der Waals surface area contributed by atoms with Crippen molar-refractivity contribution in [1.82, 2.24) is 4.90 Å². The Labute approximate surface area is 133 Å². The van der Waals surface area contributed by atoms with Gasteiger partial charge in [0.15, 0.2) is 0 Å². The molecule has 0 radical (unpaired) electrons. The van der Waals surface area contributed by atoms with E-state index in [1.165, 1.54) is 5.56 Å². The van der Waals surface area contributed by atoms with Gasteiger partial charge in [-0.3, -0.25) is 0 Å². The van der Waals surface area contributed by atoms with Crippen molar-refractivity contribution in [2.45, 2.75) is 26.8 Å². The Kier molecular flexibility index (Phi) is 6.28. The minimum Gasteiger partial charge on any atom is -0.508 e. The van der Waals surface area contributed by atoms with Gasteiger partial charge in [-0.15, -0.1) is 0 Å². The van der Waals surface area contributed by atoms with Crippen molar-refractivity contribution in [3.63, 3.8) is 0 Å². The number of likely N-dealkylation sites (N-methyl/N-ethyl adjacent to an activating group) is 1. The molecule has 0 atom stereocenters. The van der Waals surface area contributed by atoms with Gasteiger partial charge in [0.2, 0.25) is 0 Å². The summed E-state index contributed by atoms with van der Waals surface area (Å²) in [6.07, 6.45) is 1.08. The Morgan fingerprint density at radius 1 is 0.955 bits per heavy atom. The van der Waals surface area contributed by atoms with E-state index in [0.717, 1.165) is 37.3 Å². The van der Waals surface area contributed by atoms with Crippen LogP contribution in [0.1, 0.15) is 25.0 Å². The van der Waals surface area contributed by atoms with Crippen molar-refractivity contribution in [2.75, 3.05) is 25.0 Å². The van der Waals surface area contributed by atoms with Gasteiger partial charge in [-0.2, -0.15) is 0 Å². The monoisotopic (exact) mass is 298 g/mol. The largest absolute Gasteiger partial charge is 0.508 e. The lowest BCUT2D eigenvalue weighted by Gasteiger charge is -2.17. The van der Waals surface area contributed by atoms with Crippen molar-refractivity contribution < 1.29 is 5.11 Å². The Morgan fingerprint density at radius 2 is 1.64 bits per heavy atom. The van der Waals surface area contributed by atoms with Gasteiger partial charge in [0, 0.05) is 24.3 Å². The zero-order valence-electron chi connectivity index (χ0n) is 13.5. The third-order valence-electron chi connectivity index (χ3n) is 4.04. The maximum absolute atomic E-state index is 9.76. The highest BCUT2D eigenvalue weighted by atomic mass is 16.3. The minimum absolute atomic E-state index is 0.339. The van der Waals surface area contributed by atoms with Crippen LogP contribution in [0.4, 0.5) is 5.69 Å². The van der Waals surface area contributed by atoms with Crippen LogP contribution in [-0.4, -0.2) is 29.6 Å². The molecular weight excluding hydrogens is 272 g/mol. The Bertz CT molecular complexity index is 562. The molecule has 2 rings (SSSR count). The highest BCUT2D eigenvalue weighted by molar-refractivity contribution is 5.46. The quantitative estimate of drug-likeness (QED) is 0.776. The van der Waals surface area contributed by atoms with Gasteiger partial charge < -0.3 is 15.3 Å². The summed E-state index contributed by atoms with van der Waals surface area (Å²) in [7, 11) is 0. The predicted octanol–water partition coefficient (Wildman–Crippen LogP) is 3.89. The SMILES string of the molecule is CCN(CC)CCc1ccc(NCc2ccccc2O)cc1. The molecule has 0 saturated heterocycles. The number of benzene rings is 2. The van der Waals surface area contributed by atoms with Crippen molar-refractivity contribution >= 4 is 5.69 Å². The highest BCUT2D eigenvalue weighted by Crippen LogP contribution is 2.18. The maximum Gasteiger partial charge on any atom is 0.120 e. The van der Waals surface area contributed by atoms with Crippen LogP contribution in [0.15, 0.2) is 48.5 Å². The van der Waals surface area contributed by atoms with Gasteiger partial charge in [0.25, 0.3) is 0 Å². The van der Waals surface area contributed by atoms with Crippen LogP contribution >= 0.6 is 0 Å². The normalized spacial score (nSPS) is 10.9. The molecule has 22 heavy (non-hydrogen) atoms. The number of para-hydroxylation sites is 1. The Balaban J connectivity index is 1.85. The molecule has 0 bridgehead atoms. The highest BCUT2D eigenvalue weighted by Gasteiger charge is 2.02. The van der Waals surface area contributed by atoms with Gasteiger partial charge in [-0.1, -0.05) is 44.2 Å². The summed E-state index contributed by atoms with van der Waals surface area (Å²) < 4.78 is 0. The molecule has 0 amide bonds. The average molecular weight is 298 g/mol. The smallest absolute Gasteiger partial charge is 0.120 e. The van der Waals surface area contributed by atoms with E-state index in [-0.39, 0.29) is 0 Å². The molecule has 2 aromatic rings. The van der Waals surface area contributed by atoms with Gasteiger partial charge in [0.1, 0.15) is 5.75 Å². The molecule has 0 aliphatic carbocycles. The molecule has 0 spiro atoms. The van der Waals surface area contributed by atoms with E-state index in [9.17, 15) is 5.11 Å². The Morgan fingerprint density at radius 3 is 2.27 bits per heavy atom. The molecule has 0 aliphatic heterocycles. The summed E-state index contributed by atoms with van der Waals surface area (Å²) in [5.74, 6) is 0.339. The summed E-state index contributed by atoms with van der Waals surface area (Å²) in [6.45, 7) is 8.36. The zero-order valence-corrected chi connectivity index (χ0v) is 13.5. The van der Waals surface area contributed by atoms with E-state index in [4.69, 9.17) is 0 Å². The van der Waals surface area contributed by atoms with Crippen LogP contribution in [0.3, 0.4) is 0 Å². The molecule has 2 aromatic carbocycles. The molecule has 0 aliphatic rings. The molecule has 3 heteroatoms. The van der Waals surface area contributed by atoms with E-state index in [1.807, 2.05) is 18.2 Å². The average Bonchev–Trinajstić information content (AvgIpc) is 2.56. The van der Waals surface area contributed by atoms with Gasteiger partial charge in [-0.25, -0.2) is 0 Å². The molecule has 0 saturated carbocycles. The second kappa shape index (κ2) is 8.44. The molecule has 0 heterocycles. The van der Waals surface area contributed by atoms with Crippen molar-refractivity contribution in [2.24, 2.45) is 0 Å². The lowest BCUT2D eigenvalue weighted by Crippen LogP contribution is -2.25. The fourth-order valence-electron chi connectivity index (χ4n) is 2.47. The van der Waals surface area contributed by atoms with Crippen molar-refractivity contribution in [3.8, 4) is 5.75 Å². The number of rotatable bonds is 8. The van der Waals surface area contributed by atoms with Crippen LogP contribution in [0, 0.1) is 0 Å². The number of anilines is 1. The van der Waals surface area contributed by atoms with Crippen LogP contribution < -0.4 is 5.32 Å². The lowest BCUT2D eigenvalue weighted by molar-refractivity contribution is 0.308. The first kappa shape index (κ1) is 16.4. The lowest BCUT2D eigenvalue weighted by atomic mass is 10.1. The van der Waals surface area contributed by atoms with Crippen molar-refractivity contribution in [1.29, 1.82) is 0 Å². The zero-order chi connectivity index (χ0) is 15.8. The molecule has 118 valence electrons. The third kappa shape index (κ3) is 4.78. The summed E-state index contributed by atoms with van der Waals surface area (Å²) in [5.41, 5.74) is 3.35. The van der Waals surface area contributed by atoms with Gasteiger partial charge >= 0.3 is 0 Å². The standard InChI is InChI=1S/C19H26N2O/c1-3-21(4-2)14-13-16-9-11-18(12-10-16)20-15-17-7-5-6-8-19(17)22/h5-12,20,22H,3-4,13-15H2,1-2H3. The van der Waals surface area contributed by atoms with E-state index < -0.39 is 0 Å². The van der Waals surface area contributed by atoms with E-state index in [1.54, 1.807) is 6.07 Å². The molecule has 0 unspecified atom stereocenters. The number of phenols is 1. The van der Waals surface area contributed by atoms with Crippen LogP contribution in [0.5, 0.6) is 5.75 Å². The third-order valence-corrected chi connectivity index (χ3v) is 4.04. The summed E-state index contributed by atoms with van der Waals surface area (Å²) in [6, 6.07) is 16.0. The van der Waals surface area contributed by atoms with E-state index in [2.05, 4.69) is 48.3 Å². The Hall–Kier alpha value is -2.00. The summed E-state index contributed by atoms with van der Waals surface area (Å²) in [4.78, 5) is 2.43. The number of hydrogen-bond acceptors (Lipinski definition) is 3. The van der Waals surface area contributed by atoms with Crippen LogP contribution in [0.2, 0.25) is 0 Å². The fraction of sp³-hybridized carbons (Fsp3) is 0.368. The van der Waals surface area contributed by atoms with Crippen LogP contribution in [0.25, 0.3) is 0 Å². The number of phenolic OH excluding ortho intramolecular Hbond substituents is 1. The molecule has 2 N–H and O–H groups in total. The van der Waals surface area contributed by atoms with E-state index in [0.29, 0.717) is 12.3 Å². The topological polar surface area (TPSA) is 35.5 Å². The summed E-state index contributed by atoms with van der Waals surface area (Å²) >= 11 is 0. The second-order valence-corrected chi connectivity index (χ2v) is 5.46. The molecule has 3 nitrogen and oxygen atoms in total. The van der Waals surface area contributed by atoms with E-state index >= 15 is 0 Å². The van der Waals surface area contributed by atoms with Crippen molar-refractivity contribution in [3.05, 3.63) is 59.7 Å². The first-order valence-corrected chi connectivity index (χ1v) is 8.05. The first-order valence-electron chi connectivity index (χ1n) is 8.05. The fourth-order valence-corrected chi connectivity index (χ4v) is 2.47. The van der Waals surface area contributed by atoms with Gasteiger partial charge in [-0.05, 0) is 43.3 Å². The number of nitrogens with one attached hydrogen (secondary N) is 1.